The van der Waals surface area contributed by atoms with Gasteiger partial charge in [0.05, 0.1) is 5.69 Å². The highest BCUT2D eigenvalue weighted by molar-refractivity contribution is 7.14. The monoisotopic (exact) mass is 288 g/mol. The van der Waals surface area contributed by atoms with Crippen LogP contribution in [0.1, 0.15) is 12.8 Å². The fourth-order valence-electron chi connectivity index (χ4n) is 2.65. The summed E-state index contributed by atoms with van der Waals surface area (Å²) in [5.74, 6) is 1.65. The lowest BCUT2D eigenvalue weighted by atomic mass is 10.1. The van der Waals surface area contributed by atoms with Crippen molar-refractivity contribution >= 4 is 16.5 Å². The normalized spacial score (nSPS) is 17.5. The van der Waals surface area contributed by atoms with E-state index < -0.39 is 0 Å². The summed E-state index contributed by atoms with van der Waals surface area (Å²) in [6.07, 6.45) is 2.55. The molecule has 2 aliphatic heterocycles. The molecule has 0 atom stereocenters. The Bertz CT molecular complexity index is 620. The number of aromatic nitrogens is 1. The number of fused-ring (bicyclic) bond motifs is 1. The first-order chi connectivity index (χ1) is 9.90. The Morgan fingerprint density at radius 1 is 1.05 bits per heavy atom. The summed E-state index contributed by atoms with van der Waals surface area (Å²) < 4.78 is 11.2. The van der Waals surface area contributed by atoms with Gasteiger partial charge < -0.3 is 14.4 Å². The van der Waals surface area contributed by atoms with E-state index in [4.69, 9.17) is 14.5 Å². The van der Waals surface area contributed by atoms with Crippen molar-refractivity contribution in [1.29, 1.82) is 0 Å². The van der Waals surface area contributed by atoms with E-state index in [0.29, 0.717) is 13.2 Å². The minimum atomic E-state index is 0.618. The molecular formula is C15H16N2O2S. The smallest absolute Gasteiger partial charge is 0.185 e. The summed E-state index contributed by atoms with van der Waals surface area (Å²) in [5, 5.41) is 3.26. The van der Waals surface area contributed by atoms with E-state index >= 15 is 0 Å². The average Bonchev–Trinajstić information content (AvgIpc) is 3.17. The fraction of sp³-hybridized carbons (Fsp3) is 0.400. The van der Waals surface area contributed by atoms with Crippen LogP contribution in [0.3, 0.4) is 0 Å². The van der Waals surface area contributed by atoms with Crippen LogP contribution in [-0.4, -0.2) is 31.3 Å². The average molecular weight is 288 g/mol. The van der Waals surface area contributed by atoms with Gasteiger partial charge in [0.1, 0.15) is 13.2 Å². The first-order valence-electron chi connectivity index (χ1n) is 7.01. The lowest BCUT2D eigenvalue weighted by Gasteiger charge is -2.18. The number of hydrogen-bond donors (Lipinski definition) is 0. The molecule has 0 radical (unpaired) electrons. The molecule has 104 valence electrons. The Morgan fingerprint density at radius 3 is 2.70 bits per heavy atom. The first kappa shape index (κ1) is 12.0. The third kappa shape index (κ3) is 2.12. The van der Waals surface area contributed by atoms with Crippen molar-refractivity contribution in [1.82, 2.24) is 4.98 Å². The third-order valence-electron chi connectivity index (χ3n) is 3.71. The largest absolute Gasteiger partial charge is 0.486 e. The van der Waals surface area contributed by atoms with Crippen LogP contribution in [-0.2, 0) is 0 Å². The Morgan fingerprint density at radius 2 is 1.85 bits per heavy atom. The van der Waals surface area contributed by atoms with Crippen molar-refractivity contribution in [3.05, 3.63) is 23.6 Å². The maximum absolute atomic E-state index is 5.63. The number of ether oxygens (including phenoxy) is 2. The molecule has 1 saturated heterocycles. The molecule has 5 heteroatoms. The molecule has 1 aromatic heterocycles. The fourth-order valence-corrected chi connectivity index (χ4v) is 3.54. The highest BCUT2D eigenvalue weighted by atomic mass is 32.1. The van der Waals surface area contributed by atoms with E-state index in [-0.39, 0.29) is 0 Å². The molecule has 1 aromatic carbocycles. The minimum absolute atomic E-state index is 0.618. The topological polar surface area (TPSA) is 34.6 Å². The number of hydrogen-bond acceptors (Lipinski definition) is 5. The summed E-state index contributed by atoms with van der Waals surface area (Å²) in [6.45, 7) is 3.51. The first-order valence-corrected chi connectivity index (χ1v) is 7.89. The van der Waals surface area contributed by atoms with Crippen LogP contribution in [0.25, 0.3) is 11.3 Å². The molecule has 2 aromatic rings. The molecule has 0 saturated carbocycles. The van der Waals surface area contributed by atoms with Gasteiger partial charge in [0.2, 0.25) is 0 Å². The number of nitrogens with zero attached hydrogens (tertiary/aromatic N) is 2. The van der Waals surface area contributed by atoms with Crippen molar-refractivity contribution in [2.24, 2.45) is 0 Å². The zero-order valence-electron chi connectivity index (χ0n) is 11.2. The van der Waals surface area contributed by atoms with Crippen LogP contribution in [0.15, 0.2) is 23.6 Å². The van der Waals surface area contributed by atoms with Gasteiger partial charge >= 0.3 is 0 Å². The van der Waals surface area contributed by atoms with Gasteiger partial charge in [-0.25, -0.2) is 4.98 Å². The predicted octanol–water partition coefficient (Wildman–Crippen LogP) is 3.18. The second-order valence-corrected chi connectivity index (χ2v) is 5.90. The third-order valence-corrected chi connectivity index (χ3v) is 4.61. The Hall–Kier alpha value is -1.75. The predicted molar refractivity (Wildman–Crippen MR) is 80.0 cm³/mol. The van der Waals surface area contributed by atoms with Crippen molar-refractivity contribution in [2.45, 2.75) is 12.8 Å². The molecule has 0 unspecified atom stereocenters. The molecule has 0 amide bonds. The summed E-state index contributed by atoms with van der Waals surface area (Å²) in [6, 6.07) is 6.05. The molecule has 0 N–H and O–H groups in total. The van der Waals surface area contributed by atoms with E-state index in [0.717, 1.165) is 41.0 Å². The second-order valence-electron chi connectivity index (χ2n) is 5.07. The quantitative estimate of drug-likeness (QED) is 0.850. The highest BCUT2D eigenvalue weighted by Crippen LogP contribution is 2.36. The van der Waals surface area contributed by atoms with Gasteiger partial charge in [-0.15, -0.1) is 11.3 Å². The summed E-state index contributed by atoms with van der Waals surface area (Å²) in [5.41, 5.74) is 2.12. The van der Waals surface area contributed by atoms with E-state index in [2.05, 4.69) is 16.3 Å². The van der Waals surface area contributed by atoms with Gasteiger partial charge in [0, 0.05) is 24.0 Å². The van der Waals surface area contributed by atoms with Crippen molar-refractivity contribution in [3.8, 4) is 22.8 Å². The SMILES string of the molecule is c1cc2c(cc1-c1csc(N3CCCC3)n1)OCCO2. The molecular weight excluding hydrogens is 272 g/mol. The zero-order chi connectivity index (χ0) is 13.4. The van der Waals surface area contributed by atoms with Crippen molar-refractivity contribution in [2.75, 3.05) is 31.2 Å². The van der Waals surface area contributed by atoms with E-state index in [1.807, 2.05) is 12.1 Å². The molecule has 1 fully saturated rings. The lowest BCUT2D eigenvalue weighted by Crippen LogP contribution is -2.17. The summed E-state index contributed by atoms with van der Waals surface area (Å²) in [4.78, 5) is 7.13. The molecule has 3 heterocycles. The van der Waals surface area contributed by atoms with Gasteiger partial charge in [-0.3, -0.25) is 0 Å². The maximum atomic E-state index is 5.63. The number of benzene rings is 1. The molecule has 2 aliphatic rings. The Kier molecular flexibility index (Phi) is 2.99. The van der Waals surface area contributed by atoms with Crippen LogP contribution in [0.5, 0.6) is 11.5 Å². The zero-order valence-corrected chi connectivity index (χ0v) is 12.0. The highest BCUT2D eigenvalue weighted by Gasteiger charge is 2.17. The maximum Gasteiger partial charge on any atom is 0.185 e. The van der Waals surface area contributed by atoms with Crippen molar-refractivity contribution < 1.29 is 9.47 Å². The molecule has 0 bridgehead atoms. The van der Waals surface area contributed by atoms with Crippen LogP contribution in [0, 0.1) is 0 Å². The summed E-state index contributed by atoms with van der Waals surface area (Å²) >= 11 is 1.72. The van der Waals surface area contributed by atoms with Crippen molar-refractivity contribution in [3.63, 3.8) is 0 Å². The van der Waals surface area contributed by atoms with Gasteiger partial charge in [-0.05, 0) is 31.0 Å². The molecule has 4 nitrogen and oxygen atoms in total. The van der Waals surface area contributed by atoms with E-state index in [1.54, 1.807) is 11.3 Å². The number of anilines is 1. The van der Waals surface area contributed by atoms with E-state index in [9.17, 15) is 0 Å². The van der Waals surface area contributed by atoms with Crippen LogP contribution < -0.4 is 14.4 Å². The van der Waals surface area contributed by atoms with Gasteiger partial charge in [0.25, 0.3) is 0 Å². The number of rotatable bonds is 2. The lowest BCUT2D eigenvalue weighted by molar-refractivity contribution is 0.171. The Labute approximate surface area is 122 Å². The minimum Gasteiger partial charge on any atom is -0.486 e. The molecule has 0 aliphatic carbocycles. The van der Waals surface area contributed by atoms with Gasteiger partial charge in [0.15, 0.2) is 16.6 Å². The summed E-state index contributed by atoms with van der Waals surface area (Å²) in [7, 11) is 0. The van der Waals surface area contributed by atoms with Crippen LogP contribution in [0.2, 0.25) is 0 Å². The molecule has 20 heavy (non-hydrogen) atoms. The van der Waals surface area contributed by atoms with Gasteiger partial charge in [-0.1, -0.05) is 0 Å². The Balaban J connectivity index is 1.63. The van der Waals surface area contributed by atoms with Crippen LogP contribution >= 0.6 is 11.3 Å². The van der Waals surface area contributed by atoms with Crippen LogP contribution in [0.4, 0.5) is 5.13 Å². The standard InChI is InChI=1S/C15H16N2O2S/c1-2-6-17(5-1)15-16-12(10-20-15)11-3-4-13-14(9-11)19-8-7-18-13/h3-4,9-10H,1-2,5-8H2. The van der Waals surface area contributed by atoms with E-state index in [1.165, 1.54) is 12.8 Å². The van der Waals surface area contributed by atoms with Gasteiger partial charge in [-0.2, -0.15) is 0 Å². The second kappa shape index (κ2) is 4.98. The molecule has 0 spiro atoms. The molecule has 4 rings (SSSR count). The number of thiazole rings is 1.